The van der Waals surface area contributed by atoms with Gasteiger partial charge in [0.15, 0.2) is 0 Å². The van der Waals surface area contributed by atoms with E-state index in [1.165, 1.54) is 6.26 Å². The molecule has 2 rings (SSSR count). The molecule has 0 bridgehead atoms. The number of unbranched alkanes of at least 4 members (excludes halogenated alkanes) is 3. The Morgan fingerprint density at radius 3 is 2.65 bits per heavy atom. The van der Waals surface area contributed by atoms with Crippen molar-refractivity contribution < 1.29 is 18.4 Å². The van der Waals surface area contributed by atoms with Gasteiger partial charge in [-0.15, -0.1) is 0 Å². The average molecular weight is 342 g/mol. The third-order valence-electron chi connectivity index (χ3n) is 3.55. The standard InChI is InChI=1S/C16H26N2O4S/c1-15(2,3)23(19)18-9-7-5-4-6-8-16(21-12-13-22-16)14-17-10-11-20-14/h9-11H,4-8,12-13H2,1-3H3/b18-9+/t23-/m1/s1. The second-order valence-corrected chi connectivity index (χ2v) is 8.47. The fourth-order valence-electron chi connectivity index (χ4n) is 2.29. The van der Waals surface area contributed by atoms with Crippen LogP contribution in [0.4, 0.5) is 0 Å². The quantitative estimate of drug-likeness (QED) is 0.411. The zero-order chi connectivity index (χ0) is 16.8. The Balaban J connectivity index is 1.68. The van der Waals surface area contributed by atoms with Crippen LogP contribution in [0.2, 0.25) is 0 Å². The van der Waals surface area contributed by atoms with E-state index >= 15 is 0 Å². The summed E-state index contributed by atoms with van der Waals surface area (Å²) in [6, 6.07) is 0. The first-order chi connectivity index (χ1) is 10.9. The summed E-state index contributed by atoms with van der Waals surface area (Å²) in [5.41, 5.74) is 0. The Kier molecular flexibility index (Phi) is 6.64. The van der Waals surface area contributed by atoms with E-state index in [0.717, 1.165) is 32.1 Å². The second-order valence-electron chi connectivity index (χ2n) is 6.54. The molecular weight excluding hydrogens is 316 g/mol. The van der Waals surface area contributed by atoms with Crippen LogP contribution >= 0.6 is 0 Å². The van der Waals surface area contributed by atoms with Gasteiger partial charge in [-0.3, -0.25) is 0 Å². The van der Waals surface area contributed by atoms with Crippen molar-refractivity contribution in [2.45, 2.75) is 63.4 Å². The van der Waals surface area contributed by atoms with Gasteiger partial charge in [0.05, 0.1) is 25.6 Å². The van der Waals surface area contributed by atoms with Gasteiger partial charge in [-0.05, 0) is 40.0 Å². The molecule has 0 aliphatic carbocycles. The van der Waals surface area contributed by atoms with E-state index in [2.05, 4.69) is 9.38 Å². The van der Waals surface area contributed by atoms with Crippen molar-refractivity contribution in [3.63, 3.8) is 0 Å². The lowest BCUT2D eigenvalue weighted by Gasteiger charge is -2.23. The summed E-state index contributed by atoms with van der Waals surface area (Å²) in [6.07, 6.45) is 9.41. The summed E-state index contributed by atoms with van der Waals surface area (Å²) < 4.78 is 32.4. The van der Waals surface area contributed by atoms with Crippen LogP contribution in [-0.2, 0) is 26.6 Å². The van der Waals surface area contributed by atoms with Crippen LogP contribution in [0.5, 0.6) is 0 Å². The zero-order valence-corrected chi connectivity index (χ0v) is 14.9. The van der Waals surface area contributed by atoms with Crippen LogP contribution < -0.4 is 0 Å². The third-order valence-corrected chi connectivity index (χ3v) is 4.93. The Morgan fingerprint density at radius 1 is 1.30 bits per heavy atom. The second kappa shape index (κ2) is 8.28. The smallest absolute Gasteiger partial charge is 0.255 e. The van der Waals surface area contributed by atoms with Crippen LogP contribution in [0, 0.1) is 0 Å². The van der Waals surface area contributed by atoms with Gasteiger partial charge in [-0.2, -0.15) is 0 Å². The maximum Gasteiger partial charge on any atom is 0.255 e. The zero-order valence-electron chi connectivity index (χ0n) is 14.1. The minimum Gasteiger partial charge on any atom is -0.591 e. The van der Waals surface area contributed by atoms with Gasteiger partial charge in [0.2, 0.25) is 5.79 Å². The summed E-state index contributed by atoms with van der Waals surface area (Å²) in [7, 11) is 0. The molecule has 1 aromatic heterocycles. The SMILES string of the molecule is CC(C)(C)[S@@+]([O-])/N=C/CCCCCC1(c2ncco2)OCCO1. The number of nitrogens with zero attached hydrogens (tertiary/aromatic N) is 2. The highest BCUT2D eigenvalue weighted by molar-refractivity contribution is 7.91. The monoisotopic (exact) mass is 342 g/mol. The first-order valence-electron chi connectivity index (χ1n) is 8.06. The van der Waals surface area contributed by atoms with Crippen molar-refractivity contribution in [2.24, 2.45) is 4.40 Å². The summed E-state index contributed by atoms with van der Waals surface area (Å²) in [5, 5.41) is 0. The fourth-order valence-corrected chi connectivity index (χ4v) is 2.85. The molecule has 0 saturated carbocycles. The topological polar surface area (TPSA) is 79.9 Å². The lowest BCUT2D eigenvalue weighted by Crippen LogP contribution is -2.27. The largest absolute Gasteiger partial charge is 0.591 e. The highest BCUT2D eigenvalue weighted by atomic mass is 32.2. The minimum absolute atomic E-state index is 0.296. The molecule has 1 aliphatic heterocycles. The van der Waals surface area contributed by atoms with Crippen LogP contribution in [0.25, 0.3) is 0 Å². The molecule has 130 valence electrons. The lowest BCUT2D eigenvalue weighted by atomic mass is 10.1. The van der Waals surface area contributed by atoms with Crippen molar-refractivity contribution in [3.8, 4) is 0 Å². The molecule has 0 amide bonds. The Morgan fingerprint density at radius 2 is 2.04 bits per heavy atom. The molecule has 0 radical (unpaired) electrons. The number of ether oxygens (including phenoxy) is 2. The maximum atomic E-state index is 11.8. The molecule has 1 saturated heterocycles. The minimum atomic E-state index is -1.16. The van der Waals surface area contributed by atoms with E-state index in [0.29, 0.717) is 19.1 Å². The predicted molar refractivity (Wildman–Crippen MR) is 89.6 cm³/mol. The van der Waals surface area contributed by atoms with Crippen LogP contribution in [0.15, 0.2) is 21.3 Å². The van der Waals surface area contributed by atoms with Gasteiger partial charge in [-0.25, -0.2) is 4.98 Å². The summed E-state index contributed by atoms with van der Waals surface area (Å²) in [6.45, 7) is 6.89. The van der Waals surface area contributed by atoms with E-state index < -0.39 is 17.1 Å². The molecular formula is C16H26N2O4S. The lowest BCUT2D eigenvalue weighted by molar-refractivity contribution is -0.187. The maximum absolute atomic E-state index is 11.8. The van der Waals surface area contributed by atoms with Crippen molar-refractivity contribution >= 4 is 17.6 Å². The van der Waals surface area contributed by atoms with E-state index in [4.69, 9.17) is 13.9 Å². The molecule has 0 unspecified atom stereocenters. The van der Waals surface area contributed by atoms with Crippen LogP contribution in [-0.4, -0.2) is 33.7 Å². The van der Waals surface area contributed by atoms with Crippen LogP contribution in [0.1, 0.15) is 58.8 Å². The number of hydrogen-bond donors (Lipinski definition) is 0. The number of rotatable bonds is 8. The first kappa shape index (κ1) is 18.4. The van der Waals surface area contributed by atoms with E-state index in [1.54, 1.807) is 12.4 Å². The normalized spacial score (nSPS) is 19.5. The van der Waals surface area contributed by atoms with Crippen LogP contribution in [0.3, 0.4) is 0 Å². The fraction of sp³-hybridized carbons (Fsp3) is 0.750. The first-order valence-corrected chi connectivity index (χ1v) is 9.17. The van der Waals surface area contributed by atoms with Gasteiger partial charge in [0.1, 0.15) is 22.4 Å². The van der Waals surface area contributed by atoms with Gasteiger partial charge >= 0.3 is 0 Å². The van der Waals surface area contributed by atoms with Crippen molar-refractivity contribution in [2.75, 3.05) is 13.2 Å². The van der Waals surface area contributed by atoms with Crippen molar-refractivity contribution in [1.29, 1.82) is 0 Å². The summed E-state index contributed by atoms with van der Waals surface area (Å²) >= 11 is -1.16. The average Bonchev–Trinajstić information content (AvgIpc) is 3.17. The molecule has 23 heavy (non-hydrogen) atoms. The molecule has 1 aliphatic rings. The van der Waals surface area contributed by atoms with E-state index in [9.17, 15) is 4.55 Å². The van der Waals surface area contributed by atoms with E-state index in [-0.39, 0.29) is 4.75 Å². The highest BCUT2D eigenvalue weighted by Crippen LogP contribution is 2.35. The Labute approximate surface area is 141 Å². The molecule has 0 N–H and O–H groups in total. The molecule has 2 heterocycles. The van der Waals surface area contributed by atoms with Gasteiger partial charge in [0, 0.05) is 6.42 Å². The highest BCUT2D eigenvalue weighted by Gasteiger charge is 2.42. The molecule has 1 atom stereocenters. The summed E-state index contributed by atoms with van der Waals surface area (Å²) in [4.78, 5) is 4.17. The van der Waals surface area contributed by atoms with Crippen molar-refractivity contribution in [1.82, 2.24) is 4.98 Å². The molecule has 6 nitrogen and oxygen atoms in total. The van der Waals surface area contributed by atoms with E-state index in [1.807, 2.05) is 20.8 Å². The van der Waals surface area contributed by atoms with Gasteiger partial charge in [0.25, 0.3) is 5.89 Å². The predicted octanol–water partition coefficient (Wildman–Crippen LogP) is 3.36. The number of hydrogen-bond acceptors (Lipinski definition) is 6. The number of oxazole rings is 1. The molecule has 1 aromatic rings. The molecule has 0 aromatic carbocycles. The van der Waals surface area contributed by atoms with Gasteiger partial charge < -0.3 is 18.4 Å². The number of aromatic nitrogens is 1. The molecule has 7 heteroatoms. The molecule has 0 spiro atoms. The Bertz CT molecular complexity index is 479. The Hall–Kier alpha value is -0.890. The van der Waals surface area contributed by atoms with Gasteiger partial charge in [-0.1, -0.05) is 10.8 Å². The third kappa shape index (κ3) is 5.31. The molecule has 1 fully saturated rings. The van der Waals surface area contributed by atoms with Crippen molar-refractivity contribution in [3.05, 3.63) is 18.4 Å². The summed E-state index contributed by atoms with van der Waals surface area (Å²) in [5.74, 6) is -0.317.